The number of carbonyl (C=O) groups is 1. The van der Waals surface area contributed by atoms with Crippen LogP contribution in [0.25, 0.3) is 0 Å². The number of pyridine rings is 1. The van der Waals surface area contributed by atoms with Crippen LogP contribution >= 0.6 is 0 Å². The van der Waals surface area contributed by atoms with Gasteiger partial charge < -0.3 is 15.0 Å². The molecule has 1 aliphatic rings. The molecule has 0 aromatic carbocycles. The average Bonchev–Trinajstić information content (AvgIpc) is 2.35. The summed E-state index contributed by atoms with van der Waals surface area (Å²) in [6, 6.07) is 4.03. The van der Waals surface area contributed by atoms with Crippen LogP contribution in [0.1, 0.15) is 32.0 Å². The van der Waals surface area contributed by atoms with E-state index >= 15 is 0 Å². The highest BCUT2D eigenvalue weighted by Crippen LogP contribution is 2.21. The number of aromatic nitrogens is 1. The largest absolute Gasteiger partial charge is 0.444 e. The quantitative estimate of drug-likeness (QED) is 0.845. The third-order valence-corrected chi connectivity index (χ3v) is 2.97. The molecule has 1 aromatic rings. The number of nitrogens with zero attached hydrogens (tertiary/aromatic N) is 2. The first-order valence-corrected chi connectivity index (χ1v) is 6.53. The molecular weight excluding hydrogens is 242 g/mol. The first-order valence-electron chi connectivity index (χ1n) is 6.53. The molecule has 0 saturated heterocycles. The topological polar surface area (TPSA) is 54.5 Å². The second-order valence-electron chi connectivity index (χ2n) is 5.70. The Labute approximate surface area is 114 Å². The number of ether oxygens (including phenoxy) is 1. The van der Waals surface area contributed by atoms with Gasteiger partial charge in [0.2, 0.25) is 0 Å². The Bertz CT molecular complexity index is 480. The molecule has 1 amide bonds. The molecule has 5 heteroatoms. The molecule has 0 saturated carbocycles. The zero-order valence-electron chi connectivity index (χ0n) is 12.0. The average molecular weight is 263 g/mol. The van der Waals surface area contributed by atoms with Gasteiger partial charge in [0.25, 0.3) is 0 Å². The van der Waals surface area contributed by atoms with Crippen molar-refractivity contribution in [1.82, 2.24) is 9.88 Å². The Morgan fingerprint density at radius 3 is 2.79 bits per heavy atom. The first kappa shape index (κ1) is 13.6. The predicted molar refractivity (Wildman–Crippen MR) is 74.1 cm³/mol. The summed E-state index contributed by atoms with van der Waals surface area (Å²) in [6.07, 6.45) is 0.556. The van der Waals surface area contributed by atoms with Crippen LogP contribution < -0.4 is 5.32 Å². The Morgan fingerprint density at radius 2 is 2.16 bits per heavy atom. The molecule has 0 spiro atoms. The van der Waals surface area contributed by atoms with Gasteiger partial charge in [-0.2, -0.15) is 0 Å². The summed E-state index contributed by atoms with van der Waals surface area (Å²) in [4.78, 5) is 18.2. The number of carbonyl (C=O) groups excluding carboxylic acids is 1. The molecule has 1 aliphatic heterocycles. The van der Waals surface area contributed by atoms with E-state index in [0.29, 0.717) is 13.1 Å². The van der Waals surface area contributed by atoms with E-state index in [1.54, 1.807) is 4.90 Å². The maximum absolute atomic E-state index is 12.0. The molecule has 5 nitrogen and oxygen atoms in total. The van der Waals surface area contributed by atoms with Gasteiger partial charge in [-0.25, -0.2) is 9.78 Å². The van der Waals surface area contributed by atoms with Crippen molar-refractivity contribution < 1.29 is 9.53 Å². The van der Waals surface area contributed by atoms with E-state index < -0.39 is 5.60 Å². The zero-order valence-corrected chi connectivity index (χ0v) is 12.0. The minimum absolute atomic E-state index is 0.269. The fraction of sp³-hybridized carbons (Fsp3) is 0.571. The highest BCUT2D eigenvalue weighted by Gasteiger charge is 2.26. The Kier molecular flexibility index (Phi) is 3.64. The first-order chi connectivity index (χ1) is 8.89. The highest BCUT2D eigenvalue weighted by atomic mass is 16.6. The summed E-state index contributed by atoms with van der Waals surface area (Å²) < 4.78 is 5.39. The standard InChI is InChI=1S/C14H21N3O2/c1-14(2,3)19-13(18)17-8-7-10-5-6-12(15-4)16-11(10)9-17/h5-6H,7-9H2,1-4H3,(H,15,16). The Morgan fingerprint density at radius 1 is 1.42 bits per heavy atom. The van der Waals surface area contributed by atoms with E-state index in [4.69, 9.17) is 4.74 Å². The number of anilines is 1. The molecule has 0 fully saturated rings. The molecule has 2 heterocycles. The van der Waals surface area contributed by atoms with Crippen molar-refractivity contribution >= 4 is 11.9 Å². The fourth-order valence-corrected chi connectivity index (χ4v) is 2.03. The lowest BCUT2D eigenvalue weighted by molar-refractivity contribution is 0.0221. The second-order valence-corrected chi connectivity index (χ2v) is 5.70. The van der Waals surface area contributed by atoms with Gasteiger partial charge in [-0.3, -0.25) is 0 Å². The number of nitrogens with one attached hydrogen (secondary N) is 1. The predicted octanol–water partition coefficient (Wildman–Crippen LogP) is 2.42. The molecule has 0 unspecified atom stereocenters. The van der Waals surface area contributed by atoms with Gasteiger partial charge >= 0.3 is 6.09 Å². The Balaban J connectivity index is 2.10. The summed E-state index contributed by atoms with van der Waals surface area (Å²) in [5.74, 6) is 0.824. The lowest BCUT2D eigenvalue weighted by atomic mass is 10.1. The van der Waals surface area contributed by atoms with Crippen LogP contribution in [0.3, 0.4) is 0 Å². The monoisotopic (exact) mass is 263 g/mol. The molecular formula is C14H21N3O2. The summed E-state index contributed by atoms with van der Waals surface area (Å²) in [5, 5.41) is 3.01. The van der Waals surface area contributed by atoms with Crippen molar-refractivity contribution in [2.24, 2.45) is 0 Å². The van der Waals surface area contributed by atoms with Crippen molar-refractivity contribution in [2.45, 2.75) is 39.3 Å². The number of amides is 1. The molecule has 0 aliphatic carbocycles. The molecule has 1 aromatic heterocycles. The van der Waals surface area contributed by atoms with Gasteiger partial charge in [0.1, 0.15) is 11.4 Å². The van der Waals surface area contributed by atoms with Gasteiger partial charge in [-0.05, 0) is 38.8 Å². The second kappa shape index (κ2) is 5.07. The minimum Gasteiger partial charge on any atom is -0.444 e. The normalized spacial score (nSPS) is 14.8. The van der Waals surface area contributed by atoms with Crippen molar-refractivity contribution in [3.8, 4) is 0 Å². The summed E-state index contributed by atoms with van der Waals surface area (Å²) in [7, 11) is 1.84. The molecule has 19 heavy (non-hydrogen) atoms. The highest BCUT2D eigenvalue weighted by molar-refractivity contribution is 5.68. The van der Waals surface area contributed by atoms with E-state index in [9.17, 15) is 4.79 Å². The fourth-order valence-electron chi connectivity index (χ4n) is 2.03. The van der Waals surface area contributed by atoms with Crippen LogP contribution in [-0.2, 0) is 17.7 Å². The summed E-state index contributed by atoms with van der Waals surface area (Å²) in [5.41, 5.74) is 1.69. The third-order valence-electron chi connectivity index (χ3n) is 2.97. The smallest absolute Gasteiger partial charge is 0.410 e. The molecule has 0 bridgehead atoms. The number of hydrogen-bond donors (Lipinski definition) is 1. The Hall–Kier alpha value is -1.78. The molecule has 2 rings (SSSR count). The van der Waals surface area contributed by atoms with Crippen LogP contribution in [0.4, 0.5) is 10.6 Å². The van der Waals surface area contributed by atoms with Crippen LogP contribution in [0.5, 0.6) is 0 Å². The molecule has 104 valence electrons. The maximum Gasteiger partial charge on any atom is 0.410 e. The summed E-state index contributed by atoms with van der Waals surface area (Å²) >= 11 is 0. The van der Waals surface area contributed by atoms with E-state index in [0.717, 1.165) is 17.9 Å². The SMILES string of the molecule is CNc1ccc2c(n1)CN(C(=O)OC(C)(C)C)CC2. The molecule has 0 atom stereocenters. The van der Waals surface area contributed by atoms with Crippen molar-refractivity contribution in [3.63, 3.8) is 0 Å². The van der Waals surface area contributed by atoms with Crippen LogP contribution in [0.15, 0.2) is 12.1 Å². The number of fused-ring (bicyclic) bond motifs is 1. The van der Waals surface area contributed by atoms with Gasteiger partial charge in [0, 0.05) is 13.6 Å². The van der Waals surface area contributed by atoms with Crippen molar-refractivity contribution in [1.29, 1.82) is 0 Å². The number of rotatable bonds is 1. The third kappa shape index (κ3) is 3.36. The molecule has 0 radical (unpaired) electrons. The van der Waals surface area contributed by atoms with Gasteiger partial charge in [0.15, 0.2) is 0 Å². The lowest BCUT2D eigenvalue weighted by Gasteiger charge is -2.30. The van der Waals surface area contributed by atoms with E-state index in [1.165, 1.54) is 5.56 Å². The summed E-state index contributed by atoms with van der Waals surface area (Å²) in [6.45, 7) is 6.82. The van der Waals surface area contributed by atoms with Crippen molar-refractivity contribution in [2.75, 3.05) is 18.9 Å². The van der Waals surface area contributed by atoms with E-state index in [1.807, 2.05) is 33.9 Å². The lowest BCUT2D eigenvalue weighted by Crippen LogP contribution is -2.40. The van der Waals surface area contributed by atoms with Crippen LogP contribution in [-0.4, -0.2) is 35.2 Å². The van der Waals surface area contributed by atoms with Crippen molar-refractivity contribution in [3.05, 3.63) is 23.4 Å². The zero-order chi connectivity index (χ0) is 14.0. The minimum atomic E-state index is -0.461. The number of hydrogen-bond acceptors (Lipinski definition) is 4. The van der Waals surface area contributed by atoms with Crippen LogP contribution in [0, 0.1) is 0 Å². The van der Waals surface area contributed by atoms with Gasteiger partial charge in [0.05, 0.1) is 12.2 Å². The maximum atomic E-state index is 12.0. The van der Waals surface area contributed by atoms with Gasteiger partial charge in [-0.1, -0.05) is 6.07 Å². The van der Waals surface area contributed by atoms with Gasteiger partial charge in [-0.15, -0.1) is 0 Å². The van der Waals surface area contributed by atoms with E-state index in [2.05, 4.69) is 16.4 Å². The molecule has 1 N–H and O–H groups in total. The van der Waals surface area contributed by atoms with E-state index in [-0.39, 0.29) is 6.09 Å². The van der Waals surface area contributed by atoms with Crippen LogP contribution in [0.2, 0.25) is 0 Å².